The average molecular weight is 435 g/mol. The highest BCUT2D eigenvalue weighted by Gasteiger charge is 2.35. The Hall–Kier alpha value is -1.82. The van der Waals surface area contributed by atoms with Crippen molar-refractivity contribution in [1.82, 2.24) is 9.88 Å². The van der Waals surface area contributed by atoms with Gasteiger partial charge in [0.1, 0.15) is 11.9 Å². The Labute approximate surface area is 180 Å². The highest BCUT2D eigenvalue weighted by molar-refractivity contribution is 6.42. The summed E-state index contributed by atoms with van der Waals surface area (Å²) in [6.45, 7) is 0.626. The lowest BCUT2D eigenvalue weighted by molar-refractivity contribution is -0.137. The molecule has 1 amide bonds. The van der Waals surface area contributed by atoms with Gasteiger partial charge in [-0.15, -0.1) is 0 Å². The molecule has 1 saturated heterocycles. The van der Waals surface area contributed by atoms with E-state index in [-0.39, 0.29) is 24.5 Å². The maximum absolute atomic E-state index is 13.1. The number of hydrogen-bond acceptors (Lipinski definition) is 4. The number of carbonyl (C=O) groups is 1. The van der Waals surface area contributed by atoms with Crippen LogP contribution in [0, 0.1) is 0 Å². The largest absolute Gasteiger partial charge is 0.490 e. The van der Waals surface area contributed by atoms with Gasteiger partial charge in [0.25, 0.3) is 0 Å². The summed E-state index contributed by atoms with van der Waals surface area (Å²) in [5.74, 6) is 0.637. The van der Waals surface area contributed by atoms with Crippen LogP contribution in [0.4, 0.5) is 0 Å². The standard InChI is InChI=1S/C22H24Cl2N2O3/c23-17-7-4-14(11-18(17)24)12-21(27)26-10-2-1-3-19(26)22(28)16-13-25-9-8-20(16)29-15-5-6-15/h4,7-9,11,13,15,19,22,28H,1-3,5-6,10,12H2. The highest BCUT2D eigenvalue weighted by atomic mass is 35.5. The molecule has 1 aliphatic carbocycles. The highest BCUT2D eigenvalue weighted by Crippen LogP contribution is 2.36. The molecule has 1 saturated carbocycles. The first-order valence-corrected chi connectivity index (χ1v) is 10.8. The van der Waals surface area contributed by atoms with Crippen LogP contribution in [0.5, 0.6) is 5.75 Å². The molecule has 154 valence electrons. The fourth-order valence-corrected chi connectivity index (χ4v) is 4.14. The lowest BCUT2D eigenvalue weighted by Gasteiger charge is -2.39. The number of aliphatic hydroxyl groups is 1. The van der Waals surface area contributed by atoms with E-state index in [0.29, 0.717) is 27.9 Å². The van der Waals surface area contributed by atoms with Crippen molar-refractivity contribution in [2.75, 3.05) is 6.54 Å². The summed E-state index contributed by atoms with van der Waals surface area (Å²) in [7, 11) is 0. The van der Waals surface area contributed by atoms with Gasteiger partial charge >= 0.3 is 0 Å². The van der Waals surface area contributed by atoms with Crippen LogP contribution in [0.2, 0.25) is 10.0 Å². The van der Waals surface area contributed by atoms with Crippen molar-refractivity contribution in [1.29, 1.82) is 0 Å². The van der Waals surface area contributed by atoms with Gasteiger partial charge in [-0.2, -0.15) is 0 Å². The van der Waals surface area contributed by atoms with Crippen LogP contribution in [0.1, 0.15) is 49.3 Å². The summed E-state index contributed by atoms with van der Waals surface area (Å²) in [4.78, 5) is 19.0. The van der Waals surface area contributed by atoms with Gasteiger partial charge in [-0.1, -0.05) is 29.3 Å². The topological polar surface area (TPSA) is 62.7 Å². The number of ether oxygens (including phenoxy) is 1. The number of carbonyl (C=O) groups excluding carboxylic acids is 1. The number of pyridine rings is 1. The monoisotopic (exact) mass is 434 g/mol. The van der Waals surface area contributed by atoms with E-state index in [4.69, 9.17) is 27.9 Å². The van der Waals surface area contributed by atoms with E-state index in [1.807, 2.05) is 6.07 Å². The zero-order valence-corrected chi connectivity index (χ0v) is 17.6. The molecule has 1 aromatic carbocycles. The maximum Gasteiger partial charge on any atom is 0.227 e. The number of halogens is 2. The smallest absolute Gasteiger partial charge is 0.227 e. The van der Waals surface area contributed by atoms with Crippen LogP contribution < -0.4 is 4.74 Å². The zero-order chi connectivity index (χ0) is 20.4. The van der Waals surface area contributed by atoms with Crippen molar-refractivity contribution >= 4 is 29.1 Å². The molecule has 2 heterocycles. The number of aromatic nitrogens is 1. The quantitative estimate of drug-likeness (QED) is 0.721. The Morgan fingerprint density at radius 1 is 1.21 bits per heavy atom. The van der Waals surface area contributed by atoms with E-state index in [1.165, 1.54) is 0 Å². The van der Waals surface area contributed by atoms with Crippen molar-refractivity contribution in [2.45, 2.75) is 56.8 Å². The van der Waals surface area contributed by atoms with Crippen LogP contribution in [-0.4, -0.2) is 39.6 Å². The fourth-order valence-electron chi connectivity index (χ4n) is 3.82. The van der Waals surface area contributed by atoms with Crippen LogP contribution in [0.3, 0.4) is 0 Å². The minimum atomic E-state index is -0.837. The zero-order valence-electron chi connectivity index (χ0n) is 16.1. The van der Waals surface area contributed by atoms with E-state index < -0.39 is 6.10 Å². The Balaban J connectivity index is 1.52. The average Bonchev–Trinajstić information content (AvgIpc) is 3.55. The fraction of sp³-hybridized carbons (Fsp3) is 0.455. The Kier molecular flexibility index (Phi) is 6.28. The maximum atomic E-state index is 13.1. The van der Waals surface area contributed by atoms with Gasteiger partial charge in [0.15, 0.2) is 0 Å². The third-order valence-corrected chi connectivity index (χ3v) is 6.26. The molecule has 1 aromatic heterocycles. The van der Waals surface area contributed by atoms with Crippen LogP contribution in [-0.2, 0) is 11.2 Å². The molecule has 2 unspecified atom stereocenters. The molecule has 1 aliphatic heterocycles. The second-order valence-corrected chi connectivity index (χ2v) is 8.57. The number of aliphatic hydroxyl groups excluding tert-OH is 1. The number of amides is 1. The third kappa shape index (κ3) is 4.85. The van der Waals surface area contributed by atoms with Gasteiger partial charge in [0.2, 0.25) is 5.91 Å². The minimum Gasteiger partial charge on any atom is -0.490 e. The van der Waals surface area contributed by atoms with E-state index in [0.717, 1.165) is 37.7 Å². The van der Waals surface area contributed by atoms with Crippen molar-refractivity contribution in [3.8, 4) is 5.75 Å². The predicted molar refractivity (Wildman–Crippen MR) is 112 cm³/mol. The number of hydrogen-bond donors (Lipinski definition) is 1. The van der Waals surface area contributed by atoms with Gasteiger partial charge in [-0.25, -0.2) is 0 Å². The lowest BCUT2D eigenvalue weighted by atomic mass is 9.92. The summed E-state index contributed by atoms with van der Waals surface area (Å²) in [6.07, 6.45) is 7.64. The van der Waals surface area contributed by atoms with Gasteiger partial charge < -0.3 is 14.7 Å². The van der Waals surface area contributed by atoms with E-state index >= 15 is 0 Å². The molecular formula is C22H24Cl2N2O3. The van der Waals surface area contributed by atoms with Gasteiger partial charge in [-0.05, 0) is 55.9 Å². The number of piperidine rings is 1. The Morgan fingerprint density at radius 2 is 2.03 bits per heavy atom. The molecule has 4 rings (SSSR count). The lowest BCUT2D eigenvalue weighted by Crippen LogP contribution is -2.47. The SMILES string of the molecule is O=C(Cc1ccc(Cl)c(Cl)c1)N1CCCCC1C(O)c1cnccc1OC1CC1. The molecule has 2 aliphatic rings. The molecule has 2 aromatic rings. The molecule has 1 N–H and O–H groups in total. The second-order valence-electron chi connectivity index (χ2n) is 7.75. The second kappa shape index (κ2) is 8.90. The molecule has 7 heteroatoms. The number of likely N-dealkylation sites (tertiary alicyclic amines) is 1. The van der Waals surface area contributed by atoms with Crippen molar-refractivity contribution in [2.24, 2.45) is 0 Å². The minimum absolute atomic E-state index is 0.0271. The molecule has 0 bridgehead atoms. The van der Waals surface area contributed by atoms with E-state index in [1.54, 1.807) is 35.5 Å². The molecule has 5 nitrogen and oxygen atoms in total. The summed E-state index contributed by atoms with van der Waals surface area (Å²) >= 11 is 12.1. The molecule has 2 atom stereocenters. The van der Waals surface area contributed by atoms with Crippen LogP contribution in [0.15, 0.2) is 36.7 Å². The summed E-state index contributed by atoms with van der Waals surface area (Å²) in [6, 6.07) is 6.72. The summed E-state index contributed by atoms with van der Waals surface area (Å²) in [5.41, 5.74) is 1.46. The van der Waals surface area contributed by atoms with E-state index in [2.05, 4.69) is 4.98 Å². The normalized spacial score (nSPS) is 20.4. The van der Waals surface area contributed by atoms with Crippen molar-refractivity contribution in [3.63, 3.8) is 0 Å². The Morgan fingerprint density at radius 3 is 2.79 bits per heavy atom. The molecule has 29 heavy (non-hydrogen) atoms. The van der Waals surface area contributed by atoms with Gasteiger partial charge in [0.05, 0.1) is 28.6 Å². The van der Waals surface area contributed by atoms with Crippen LogP contribution >= 0.6 is 23.2 Å². The van der Waals surface area contributed by atoms with Crippen molar-refractivity contribution in [3.05, 3.63) is 57.8 Å². The molecule has 2 fully saturated rings. The summed E-state index contributed by atoms with van der Waals surface area (Å²) < 4.78 is 5.95. The number of benzene rings is 1. The first-order chi connectivity index (χ1) is 14.0. The molecular weight excluding hydrogens is 411 g/mol. The van der Waals surface area contributed by atoms with Crippen LogP contribution in [0.25, 0.3) is 0 Å². The Bertz CT molecular complexity index is 888. The predicted octanol–water partition coefficient (Wildman–Crippen LogP) is 4.59. The first-order valence-electron chi connectivity index (χ1n) is 10.0. The number of nitrogens with zero attached hydrogens (tertiary/aromatic N) is 2. The molecule has 0 radical (unpaired) electrons. The third-order valence-electron chi connectivity index (χ3n) is 5.52. The number of rotatable bonds is 6. The van der Waals surface area contributed by atoms with E-state index in [9.17, 15) is 9.90 Å². The summed E-state index contributed by atoms with van der Waals surface area (Å²) in [5, 5.41) is 12.1. The van der Waals surface area contributed by atoms with Gasteiger partial charge in [0, 0.05) is 24.5 Å². The van der Waals surface area contributed by atoms with Crippen molar-refractivity contribution < 1.29 is 14.6 Å². The van der Waals surface area contributed by atoms with Gasteiger partial charge in [-0.3, -0.25) is 9.78 Å². The molecule has 0 spiro atoms. The first kappa shape index (κ1) is 20.5.